The minimum absolute atomic E-state index is 0.0296. The lowest BCUT2D eigenvalue weighted by Crippen LogP contribution is -2.25. The second kappa shape index (κ2) is 8.75. The number of ether oxygens (including phenoxy) is 1. The summed E-state index contributed by atoms with van der Waals surface area (Å²) in [7, 11) is 0. The predicted molar refractivity (Wildman–Crippen MR) is 128 cm³/mol. The number of hydrogen-bond acceptors (Lipinski definition) is 8. The van der Waals surface area contributed by atoms with Gasteiger partial charge in [-0.2, -0.15) is 5.10 Å². The Balaban J connectivity index is 1.64. The number of fused-ring (bicyclic) bond motifs is 1. The average molecular weight is 474 g/mol. The first-order valence-corrected chi connectivity index (χ1v) is 11.0. The van der Waals surface area contributed by atoms with E-state index in [-0.39, 0.29) is 18.1 Å². The summed E-state index contributed by atoms with van der Waals surface area (Å²) in [6.07, 6.45) is 1.36. The van der Waals surface area contributed by atoms with Crippen LogP contribution < -0.4 is 14.9 Å². The third-order valence-electron chi connectivity index (χ3n) is 5.05. The third-order valence-corrected chi connectivity index (χ3v) is 5.86. The molecule has 0 fully saturated rings. The number of anilines is 1. The molecule has 0 atom stereocenters. The zero-order valence-electron chi connectivity index (χ0n) is 17.5. The predicted octanol–water partition coefficient (Wildman–Crippen LogP) is 3.78. The van der Waals surface area contributed by atoms with Crippen LogP contribution >= 0.6 is 11.3 Å². The molecule has 4 aromatic rings. The third kappa shape index (κ3) is 4.09. The molecule has 0 spiro atoms. The first-order valence-electron chi connectivity index (χ1n) is 10.2. The number of phenols is 3. The molecule has 2 heterocycles. The summed E-state index contributed by atoms with van der Waals surface area (Å²) < 4.78 is 7.04. The van der Waals surface area contributed by atoms with E-state index in [1.165, 1.54) is 29.7 Å². The van der Waals surface area contributed by atoms with E-state index in [9.17, 15) is 20.1 Å². The van der Waals surface area contributed by atoms with Crippen LogP contribution in [0.3, 0.4) is 0 Å². The largest absolute Gasteiger partial charge is 0.504 e. The number of phenolic OH excluding ortho intramolecular Hbond substituents is 3. The van der Waals surface area contributed by atoms with Crippen molar-refractivity contribution in [3.63, 3.8) is 0 Å². The Kier molecular flexibility index (Phi) is 5.48. The zero-order chi connectivity index (χ0) is 23.7. The van der Waals surface area contributed by atoms with Crippen LogP contribution in [0.2, 0.25) is 0 Å². The van der Waals surface area contributed by atoms with Crippen molar-refractivity contribution >= 4 is 34.8 Å². The molecule has 1 aliphatic rings. The Morgan fingerprint density at radius 3 is 2.68 bits per heavy atom. The van der Waals surface area contributed by atoms with Gasteiger partial charge >= 0.3 is 0 Å². The topological polar surface area (TPSA) is 129 Å². The van der Waals surface area contributed by atoms with Crippen LogP contribution in [0.25, 0.3) is 11.3 Å². The molecule has 9 nitrogen and oxygen atoms in total. The minimum atomic E-state index is -0.626. The first kappa shape index (κ1) is 21.3. The van der Waals surface area contributed by atoms with Crippen LogP contribution in [-0.2, 0) is 4.79 Å². The summed E-state index contributed by atoms with van der Waals surface area (Å²) >= 11 is 1.36. The standard InChI is InChI=1S/C24H18N4O5S/c29-19-8-6-15(22(31)23(19)32)11-25-28-18(13-34-24(28)26-16-4-2-1-3-5-16)14-7-9-20-17(10-14)27-21(30)12-33-20/h1-11,13,29,31-32H,12H2,(H,27,30). The molecular formula is C24H18N4O5S. The molecule has 5 rings (SSSR count). The van der Waals surface area contributed by atoms with Gasteiger partial charge in [-0.05, 0) is 42.5 Å². The van der Waals surface area contributed by atoms with E-state index < -0.39 is 17.2 Å². The fourth-order valence-corrected chi connectivity index (χ4v) is 4.21. The highest BCUT2D eigenvalue weighted by atomic mass is 32.1. The normalized spacial score (nSPS) is 13.5. The van der Waals surface area contributed by atoms with Gasteiger partial charge in [0.15, 0.2) is 18.1 Å². The number of carbonyl (C=O) groups is 1. The van der Waals surface area contributed by atoms with Gasteiger partial charge in [-0.1, -0.05) is 18.2 Å². The van der Waals surface area contributed by atoms with Crippen molar-refractivity contribution in [1.82, 2.24) is 4.68 Å². The lowest BCUT2D eigenvalue weighted by atomic mass is 10.1. The van der Waals surface area contributed by atoms with Crippen LogP contribution in [-0.4, -0.2) is 38.7 Å². The quantitative estimate of drug-likeness (QED) is 0.264. The van der Waals surface area contributed by atoms with Crippen molar-refractivity contribution in [1.29, 1.82) is 0 Å². The second-order valence-electron chi connectivity index (χ2n) is 7.33. The van der Waals surface area contributed by atoms with Gasteiger partial charge in [0, 0.05) is 16.5 Å². The van der Waals surface area contributed by atoms with Crippen molar-refractivity contribution in [2.75, 3.05) is 11.9 Å². The number of nitrogens with one attached hydrogen (secondary N) is 1. The van der Waals surface area contributed by atoms with Crippen LogP contribution in [0, 0.1) is 0 Å². The zero-order valence-corrected chi connectivity index (χ0v) is 18.4. The molecule has 0 unspecified atom stereocenters. The highest BCUT2D eigenvalue weighted by Gasteiger charge is 2.18. The number of hydrogen-bond donors (Lipinski definition) is 4. The van der Waals surface area contributed by atoms with Gasteiger partial charge in [-0.15, -0.1) is 11.3 Å². The van der Waals surface area contributed by atoms with Crippen molar-refractivity contribution < 1.29 is 24.9 Å². The average Bonchev–Trinajstić information content (AvgIpc) is 3.24. The Morgan fingerprint density at radius 1 is 1.03 bits per heavy atom. The number of thiazole rings is 1. The molecule has 1 aliphatic heterocycles. The van der Waals surface area contributed by atoms with Gasteiger partial charge in [-0.3, -0.25) is 4.79 Å². The molecule has 4 N–H and O–H groups in total. The van der Waals surface area contributed by atoms with Crippen LogP contribution in [0.15, 0.2) is 76.1 Å². The van der Waals surface area contributed by atoms with Crippen LogP contribution in [0.4, 0.5) is 11.4 Å². The SMILES string of the molecule is O=C1COc2ccc(-c3csc(=Nc4ccccc4)n3N=Cc3ccc(O)c(O)c3O)cc2N1. The fourth-order valence-electron chi connectivity index (χ4n) is 3.35. The summed E-state index contributed by atoms with van der Waals surface area (Å²) in [5.74, 6) is -1.21. The van der Waals surface area contributed by atoms with Crippen LogP contribution in [0.1, 0.15) is 5.56 Å². The smallest absolute Gasteiger partial charge is 0.262 e. The number of carbonyl (C=O) groups excluding carboxylic acids is 1. The molecule has 0 saturated heterocycles. The number of rotatable bonds is 4. The lowest BCUT2D eigenvalue weighted by molar-refractivity contribution is -0.118. The summed E-state index contributed by atoms with van der Waals surface area (Å²) in [6.45, 7) is -0.0296. The molecule has 3 aromatic carbocycles. The molecule has 170 valence electrons. The molecule has 10 heteroatoms. The summed E-state index contributed by atoms with van der Waals surface area (Å²) in [4.78, 5) is 17.0. The van der Waals surface area contributed by atoms with Crippen LogP contribution in [0.5, 0.6) is 23.0 Å². The monoisotopic (exact) mass is 474 g/mol. The number of nitrogens with zero attached hydrogens (tertiary/aromatic N) is 3. The Bertz CT molecular complexity index is 1490. The van der Waals surface area contributed by atoms with Crippen molar-refractivity contribution in [2.45, 2.75) is 0 Å². The highest BCUT2D eigenvalue weighted by Crippen LogP contribution is 2.36. The molecule has 0 saturated carbocycles. The van der Waals surface area contributed by atoms with Gasteiger partial charge < -0.3 is 25.4 Å². The lowest BCUT2D eigenvalue weighted by Gasteiger charge is -2.18. The van der Waals surface area contributed by atoms with E-state index in [1.807, 2.05) is 41.8 Å². The van der Waals surface area contributed by atoms with Gasteiger partial charge in [-0.25, -0.2) is 9.67 Å². The summed E-state index contributed by atoms with van der Waals surface area (Å²) in [6, 6.07) is 17.5. The number of para-hydroxylation sites is 1. The maximum atomic E-state index is 11.8. The number of amides is 1. The van der Waals surface area contributed by atoms with E-state index in [2.05, 4.69) is 15.4 Å². The van der Waals surface area contributed by atoms with E-state index in [0.29, 0.717) is 21.9 Å². The first-order chi connectivity index (χ1) is 16.5. The maximum absolute atomic E-state index is 11.8. The molecule has 0 radical (unpaired) electrons. The molecule has 0 aliphatic carbocycles. The van der Waals surface area contributed by atoms with E-state index >= 15 is 0 Å². The van der Waals surface area contributed by atoms with Gasteiger partial charge in [0.1, 0.15) is 5.75 Å². The number of benzene rings is 3. The summed E-state index contributed by atoms with van der Waals surface area (Å²) in [5.41, 5.74) is 2.93. The molecule has 1 aromatic heterocycles. The highest BCUT2D eigenvalue weighted by molar-refractivity contribution is 7.07. The molecule has 34 heavy (non-hydrogen) atoms. The van der Waals surface area contributed by atoms with E-state index in [1.54, 1.807) is 16.8 Å². The van der Waals surface area contributed by atoms with Gasteiger partial charge in [0.2, 0.25) is 10.6 Å². The molecule has 0 bridgehead atoms. The number of aromatic hydroxyl groups is 3. The minimum Gasteiger partial charge on any atom is -0.504 e. The van der Waals surface area contributed by atoms with E-state index in [4.69, 9.17) is 4.74 Å². The Hall–Kier alpha value is -4.57. The number of aromatic nitrogens is 1. The fraction of sp³-hybridized carbons (Fsp3) is 0.0417. The molecule has 1 amide bonds. The van der Waals surface area contributed by atoms with E-state index in [0.717, 1.165) is 11.3 Å². The molecular weight excluding hydrogens is 456 g/mol. The van der Waals surface area contributed by atoms with Gasteiger partial charge in [0.25, 0.3) is 5.91 Å². The Morgan fingerprint density at radius 2 is 1.85 bits per heavy atom. The second-order valence-corrected chi connectivity index (χ2v) is 8.16. The van der Waals surface area contributed by atoms with Crippen molar-refractivity contribution in [2.24, 2.45) is 10.1 Å². The Labute approximate surface area is 197 Å². The van der Waals surface area contributed by atoms with Crippen molar-refractivity contribution in [3.8, 4) is 34.3 Å². The van der Waals surface area contributed by atoms with Gasteiger partial charge in [0.05, 0.1) is 23.3 Å². The van der Waals surface area contributed by atoms with Crippen molar-refractivity contribution in [3.05, 3.63) is 76.4 Å². The maximum Gasteiger partial charge on any atom is 0.262 e. The summed E-state index contributed by atoms with van der Waals surface area (Å²) in [5, 5.41) is 38.8.